The van der Waals surface area contributed by atoms with Gasteiger partial charge in [-0.1, -0.05) is 36.4 Å². The first kappa shape index (κ1) is 37.3. The second-order valence-electron chi connectivity index (χ2n) is 12.8. The van der Waals surface area contributed by atoms with E-state index in [2.05, 4.69) is 10.6 Å². The average molecular weight is 663 g/mol. The summed E-state index contributed by atoms with van der Waals surface area (Å²) in [7, 11) is 3.19. The Hall–Kier alpha value is -5.19. The Morgan fingerprint density at radius 3 is 1.88 bits per heavy atom. The van der Waals surface area contributed by atoms with Gasteiger partial charge in [0.1, 0.15) is 46.8 Å². The summed E-state index contributed by atoms with van der Waals surface area (Å²) >= 11 is 0. The third kappa shape index (κ3) is 13.7. The molecule has 0 aliphatic carbocycles. The molecule has 1 unspecified atom stereocenters. The molecule has 0 aliphatic heterocycles. The van der Waals surface area contributed by atoms with E-state index < -0.39 is 29.8 Å². The second-order valence-corrected chi connectivity index (χ2v) is 12.8. The zero-order chi connectivity index (χ0) is 35.3. The van der Waals surface area contributed by atoms with Crippen molar-refractivity contribution in [3.05, 3.63) is 83.4 Å². The maximum Gasteiger partial charge on any atom is 0.513 e. The van der Waals surface area contributed by atoms with Crippen LogP contribution in [0.5, 0.6) is 23.0 Å². The zero-order valence-corrected chi connectivity index (χ0v) is 28.9. The summed E-state index contributed by atoms with van der Waals surface area (Å²) in [5.41, 5.74) is 1.48. The summed E-state index contributed by atoms with van der Waals surface area (Å²) in [6.07, 6.45) is 2.37. The molecule has 3 aromatic rings. The molecule has 258 valence electrons. The van der Waals surface area contributed by atoms with Crippen LogP contribution in [0.4, 0.5) is 9.59 Å². The van der Waals surface area contributed by atoms with E-state index in [1.165, 1.54) is 0 Å². The molecule has 11 heteroatoms. The van der Waals surface area contributed by atoms with Crippen LogP contribution in [0.15, 0.2) is 66.7 Å². The van der Waals surface area contributed by atoms with E-state index in [1.807, 2.05) is 69.3 Å². The van der Waals surface area contributed by atoms with Gasteiger partial charge in [-0.05, 0) is 94.6 Å². The lowest BCUT2D eigenvalue weighted by molar-refractivity contribution is -0.123. The van der Waals surface area contributed by atoms with Gasteiger partial charge in [0.15, 0.2) is 0 Å². The van der Waals surface area contributed by atoms with Crippen molar-refractivity contribution in [3.63, 3.8) is 0 Å². The van der Waals surface area contributed by atoms with Crippen LogP contribution in [0.1, 0.15) is 58.2 Å². The molecule has 0 heterocycles. The lowest BCUT2D eigenvalue weighted by atomic mass is 10.0. The first-order valence-electron chi connectivity index (χ1n) is 15.5. The molecule has 0 bridgehead atoms. The number of amides is 2. The van der Waals surface area contributed by atoms with Crippen LogP contribution in [-0.4, -0.2) is 62.8 Å². The van der Waals surface area contributed by atoms with E-state index in [1.54, 1.807) is 65.3 Å². The minimum atomic E-state index is -0.945. The molecule has 1 atom stereocenters. The van der Waals surface area contributed by atoms with Gasteiger partial charge in [0, 0.05) is 12.5 Å². The van der Waals surface area contributed by atoms with Crippen molar-refractivity contribution in [2.75, 3.05) is 27.4 Å². The van der Waals surface area contributed by atoms with Gasteiger partial charge in [0.2, 0.25) is 5.91 Å². The fourth-order valence-electron chi connectivity index (χ4n) is 4.26. The van der Waals surface area contributed by atoms with Crippen molar-refractivity contribution in [2.45, 2.75) is 65.2 Å². The Kier molecular flexibility index (Phi) is 13.3. The number of ether oxygens (including phenoxy) is 6. The van der Waals surface area contributed by atoms with Crippen molar-refractivity contribution in [2.24, 2.45) is 0 Å². The molecule has 0 aromatic heterocycles. The number of alkyl carbamates (subject to hydrolysis) is 1. The molecular formula is C37H46N2O9. The zero-order valence-electron chi connectivity index (χ0n) is 28.9. The Labute approximate surface area is 282 Å². The highest BCUT2D eigenvalue weighted by Crippen LogP contribution is 2.24. The third-order valence-corrected chi connectivity index (χ3v) is 6.34. The van der Waals surface area contributed by atoms with Gasteiger partial charge in [-0.25, -0.2) is 9.59 Å². The van der Waals surface area contributed by atoms with E-state index in [0.29, 0.717) is 23.0 Å². The second kappa shape index (κ2) is 17.1. The number of hydrogen-bond donors (Lipinski definition) is 2. The number of nitrogens with one attached hydrogen (secondary N) is 2. The summed E-state index contributed by atoms with van der Waals surface area (Å²) < 4.78 is 32.2. The highest BCUT2D eigenvalue weighted by Gasteiger charge is 2.25. The van der Waals surface area contributed by atoms with Crippen molar-refractivity contribution >= 4 is 30.3 Å². The van der Waals surface area contributed by atoms with Crippen molar-refractivity contribution < 1.29 is 42.8 Å². The molecule has 0 radical (unpaired) electrons. The smallest absolute Gasteiger partial charge is 0.497 e. The summed E-state index contributed by atoms with van der Waals surface area (Å²) in [6, 6.07) is 18.8. The molecule has 48 heavy (non-hydrogen) atoms. The lowest BCUT2D eigenvalue weighted by Crippen LogP contribution is -2.50. The summed E-state index contributed by atoms with van der Waals surface area (Å²) in [4.78, 5) is 37.9. The Morgan fingerprint density at radius 2 is 1.31 bits per heavy atom. The van der Waals surface area contributed by atoms with Crippen molar-refractivity contribution in [3.8, 4) is 23.0 Å². The summed E-state index contributed by atoms with van der Waals surface area (Å²) in [5, 5.41) is 5.33. The summed E-state index contributed by atoms with van der Waals surface area (Å²) in [5.74, 6) is 1.88. The van der Waals surface area contributed by atoms with Gasteiger partial charge in [0.25, 0.3) is 0 Å². The standard InChI is InChI=1S/C37H46N2O9/c1-36(2,3)47-29-17-13-26(14-18-29)23-32(39-34(41)48-37(4,5)6)33(40)38-19-20-45-35(42)46-28-15-11-25(12-16-28)9-10-27-21-30(43-7)24-31(22-27)44-8/h9-18,21-22,24,32H,19-20,23H2,1-8H3,(H,38,40)(H,39,41)/b10-9+. The highest BCUT2D eigenvalue weighted by atomic mass is 16.7. The number of benzene rings is 3. The van der Waals surface area contributed by atoms with Gasteiger partial charge >= 0.3 is 12.2 Å². The Morgan fingerprint density at radius 1 is 0.729 bits per heavy atom. The number of methoxy groups -OCH3 is 2. The first-order chi connectivity index (χ1) is 22.6. The molecule has 3 aromatic carbocycles. The fraction of sp³-hybridized carbons (Fsp3) is 0.378. The molecule has 2 N–H and O–H groups in total. The Bertz CT molecular complexity index is 1510. The number of carbonyl (C=O) groups excluding carboxylic acids is 3. The molecule has 0 saturated heterocycles. The third-order valence-electron chi connectivity index (χ3n) is 6.34. The van der Waals surface area contributed by atoms with Gasteiger partial charge in [-0.3, -0.25) is 4.79 Å². The predicted octanol–water partition coefficient (Wildman–Crippen LogP) is 6.82. The maximum atomic E-state index is 13.1. The maximum absolute atomic E-state index is 13.1. The largest absolute Gasteiger partial charge is 0.513 e. The predicted molar refractivity (Wildman–Crippen MR) is 184 cm³/mol. The van der Waals surface area contributed by atoms with E-state index in [9.17, 15) is 14.4 Å². The van der Waals surface area contributed by atoms with Crippen LogP contribution >= 0.6 is 0 Å². The normalized spacial score (nSPS) is 12.1. The molecule has 11 nitrogen and oxygen atoms in total. The first-order valence-corrected chi connectivity index (χ1v) is 15.5. The quantitative estimate of drug-likeness (QED) is 0.0876. The molecule has 0 saturated carbocycles. The lowest BCUT2D eigenvalue weighted by Gasteiger charge is -2.24. The van der Waals surface area contributed by atoms with E-state index in [4.69, 9.17) is 28.4 Å². The number of hydrogen-bond acceptors (Lipinski definition) is 9. The van der Waals surface area contributed by atoms with Gasteiger partial charge in [0.05, 0.1) is 20.8 Å². The van der Waals surface area contributed by atoms with Crippen molar-refractivity contribution in [1.82, 2.24) is 10.6 Å². The fourth-order valence-corrected chi connectivity index (χ4v) is 4.26. The van der Waals surface area contributed by atoms with E-state index in [-0.39, 0.29) is 25.2 Å². The molecule has 2 amide bonds. The van der Waals surface area contributed by atoms with Crippen LogP contribution < -0.4 is 29.6 Å². The van der Waals surface area contributed by atoms with Gasteiger partial charge in [-0.2, -0.15) is 0 Å². The minimum Gasteiger partial charge on any atom is -0.497 e. The highest BCUT2D eigenvalue weighted by molar-refractivity contribution is 5.86. The molecule has 0 aliphatic rings. The van der Waals surface area contributed by atoms with Crippen LogP contribution in [0.25, 0.3) is 12.2 Å². The van der Waals surface area contributed by atoms with Crippen LogP contribution in [0.2, 0.25) is 0 Å². The topological polar surface area (TPSA) is 131 Å². The van der Waals surface area contributed by atoms with Crippen LogP contribution in [0.3, 0.4) is 0 Å². The average Bonchev–Trinajstić information content (AvgIpc) is 3.01. The van der Waals surface area contributed by atoms with E-state index in [0.717, 1.165) is 16.7 Å². The van der Waals surface area contributed by atoms with Crippen LogP contribution in [0, 0.1) is 0 Å². The van der Waals surface area contributed by atoms with Crippen molar-refractivity contribution in [1.29, 1.82) is 0 Å². The molecule has 3 rings (SSSR count). The Balaban J connectivity index is 1.50. The van der Waals surface area contributed by atoms with Crippen LogP contribution in [-0.2, 0) is 20.7 Å². The number of rotatable bonds is 13. The SMILES string of the molecule is COc1cc(/C=C/c2ccc(OC(=O)OCCNC(=O)C(Cc3ccc(OC(C)(C)C)cc3)NC(=O)OC(C)(C)C)cc2)cc(OC)c1. The van der Waals surface area contributed by atoms with Gasteiger partial charge < -0.3 is 39.1 Å². The molecule has 0 fully saturated rings. The summed E-state index contributed by atoms with van der Waals surface area (Å²) in [6.45, 7) is 10.9. The molecular weight excluding hydrogens is 616 g/mol. The van der Waals surface area contributed by atoms with Gasteiger partial charge in [-0.15, -0.1) is 0 Å². The minimum absolute atomic E-state index is 0.00240. The van der Waals surface area contributed by atoms with E-state index >= 15 is 0 Å². The monoisotopic (exact) mass is 662 g/mol. The number of carbonyl (C=O) groups is 3. The molecule has 0 spiro atoms.